The molecule has 1 unspecified atom stereocenters. The molecule has 0 amide bonds. The van der Waals surface area contributed by atoms with E-state index in [-0.39, 0.29) is 35.9 Å². The first-order chi connectivity index (χ1) is 22.9. The zero-order chi connectivity index (χ0) is 36.1. The van der Waals surface area contributed by atoms with Crippen molar-refractivity contribution in [3.8, 4) is 0 Å². The number of allylic oxidation sites excluding steroid dienone is 4. The van der Waals surface area contributed by atoms with Crippen molar-refractivity contribution in [2.45, 2.75) is 66.7 Å². The van der Waals surface area contributed by atoms with Crippen LogP contribution in [0, 0.1) is 31.3 Å². The van der Waals surface area contributed by atoms with Crippen LogP contribution < -0.4 is 24.8 Å². The van der Waals surface area contributed by atoms with E-state index >= 15 is 0 Å². The molecule has 1 atom stereocenters. The van der Waals surface area contributed by atoms with Crippen molar-refractivity contribution >= 4 is 24.8 Å². The van der Waals surface area contributed by atoms with Crippen LogP contribution in [0.5, 0.6) is 0 Å². The largest absolute Gasteiger partial charge is 1.00 e. The summed E-state index contributed by atoms with van der Waals surface area (Å²) in [4.78, 5) is 0. The Hall–Kier alpha value is -2.86. The average molecular weight is 821 g/mol. The third-order valence-corrected chi connectivity index (χ3v) is 9.69. The van der Waals surface area contributed by atoms with E-state index in [9.17, 15) is 26.3 Å². The minimum absolute atomic E-state index is 0. The second-order valence-corrected chi connectivity index (χ2v) is 14.7. The number of benzene rings is 4. The van der Waals surface area contributed by atoms with E-state index in [2.05, 4.69) is 102 Å². The van der Waals surface area contributed by atoms with Crippen LogP contribution in [-0.4, -0.2) is 3.21 Å². The topological polar surface area (TPSA) is 0 Å². The molecule has 9 heteroatoms. The van der Waals surface area contributed by atoms with Crippen LogP contribution in [0.25, 0.3) is 21.5 Å². The molecule has 51 heavy (non-hydrogen) atoms. The normalized spacial score (nSPS) is 14.1. The van der Waals surface area contributed by atoms with Crippen LogP contribution in [0.3, 0.4) is 0 Å². The molecule has 0 saturated carbocycles. The first kappa shape index (κ1) is 44.3. The third kappa shape index (κ3) is 12.1. The molecule has 0 spiro atoms. The fraction of sp³-hybridized carbons (Fsp3) is 0.286. The Bertz CT molecular complexity index is 1880. The quantitative estimate of drug-likeness (QED) is 0.137. The minimum atomic E-state index is -4.49. The molecule has 0 nitrogen and oxygen atoms in total. The summed E-state index contributed by atoms with van der Waals surface area (Å²) in [6.45, 7) is 13.3. The zero-order valence-corrected chi connectivity index (χ0v) is 33.3. The molecule has 1 aliphatic rings. The fourth-order valence-electron chi connectivity index (χ4n) is 5.58. The number of hydrogen-bond donors (Lipinski definition) is 0. The summed E-state index contributed by atoms with van der Waals surface area (Å²) >= 11 is 0.729. The van der Waals surface area contributed by atoms with E-state index in [0.717, 1.165) is 48.5 Å². The Labute approximate surface area is 324 Å². The predicted molar refractivity (Wildman–Crippen MR) is 186 cm³/mol. The van der Waals surface area contributed by atoms with Gasteiger partial charge in [0.25, 0.3) is 0 Å². The van der Waals surface area contributed by atoms with Gasteiger partial charge in [-0.15, -0.1) is 39.7 Å². The summed E-state index contributed by atoms with van der Waals surface area (Å²) in [5.41, 5.74) is 3.30. The zero-order valence-electron chi connectivity index (χ0n) is 29.3. The number of hydrogen-bond acceptors (Lipinski definition) is 0. The van der Waals surface area contributed by atoms with Gasteiger partial charge in [0.15, 0.2) is 0 Å². The van der Waals surface area contributed by atoms with Gasteiger partial charge in [0.05, 0.1) is 0 Å². The van der Waals surface area contributed by atoms with Gasteiger partial charge >= 0.3 is 137 Å². The van der Waals surface area contributed by atoms with Crippen molar-refractivity contribution < 1.29 is 75.4 Å². The van der Waals surface area contributed by atoms with Gasteiger partial charge < -0.3 is 24.8 Å². The van der Waals surface area contributed by atoms with Gasteiger partial charge in [-0.1, -0.05) is 87.3 Å². The summed E-state index contributed by atoms with van der Waals surface area (Å²) in [6, 6.07) is 24.8. The van der Waals surface area contributed by atoms with Crippen LogP contribution >= 0.6 is 0 Å². The molecule has 0 aliphatic heterocycles. The molecule has 0 fully saturated rings. The van der Waals surface area contributed by atoms with Crippen LogP contribution in [0.1, 0.15) is 73.9 Å². The molecule has 0 radical (unpaired) electrons. The molecule has 5 aromatic rings. The molecular weight excluding hydrogens is 781 g/mol. The van der Waals surface area contributed by atoms with E-state index in [1.165, 1.54) is 75.4 Å². The smallest absolute Gasteiger partial charge is 1.00 e. The van der Waals surface area contributed by atoms with Gasteiger partial charge in [-0.25, -0.2) is 6.08 Å². The van der Waals surface area contributed by atoms with Crippen LogP contribution in [0.4, 0.5) is 26.3 Å². The molecular formula is C42H40Cl2F6Zr-2. The molecule has 270 valence electrons. The Morgan fingerprint density at radius 3 is 1.53 bits per heavy atom. The Morgan fingerprint density at radius 1 is 0.706 bits per heavy atom. The van der Waals surface area contributed by atoms with Gasteiger partial charge in [0, 0.05) is 0 Å². The van der Waals surface area contributed by atoms with E-state index in [0.29, 0.717) is 14.5 Å². The van der Waals surface area contributed by atoms with Crippen LogP contribution in [0.15, 0.2) is 109 Å². The van der Waals surface area contributed by atoms with E-state index in [4.69, 9.17) is 0 Å². The maximum atomic E-state index is 12.7. The SMILES string of the molecule is CCCC1[C-]=CC(C(C)(C)C)=C1.Cc1ccc2c(c1)[cH-]c1cc(C)ccc12.FC(F)(F)c1cccc([C](=[Zr+2])c2cccc(C(F)(F)F)c2)c1.[Cl-].[Cl-]. The second-order valence-electron chi connectivity index (χ2n) is 13.4. The van der Waals surface area contributed by atoms with Crippen molar-refractivity contribution in [1.82, 2.24) is 0 Å². The number of aryl methyl sites for hydroxylation is 2. The third-order valence-electron chi connectivity index (χ3n) is 8.27. The molecule has 0 N–H and O–H groups in total. The van der Waals surface area contributed by atoms with E-state index in [1.807, 2.05) is 0 Å². The van der Waals surface area contributed by atoms with E-state index < -0.39 is 23.5 Å². The number of halogens is 8. The predicted octanol–water partition coefficient (Wildman–Crippen LogP) is 6.92. The molecule has 0 saturated heterocycles. The van der Waals surface area contributed by atoms with Crippen molar-refractivity contribution in [3.63, 3.8) is 0 Å². The van der Waals surface area contributed by atoms with Crippen LogP contribution in [-0.2, 0) is 36.6 Å². The maximum absolute atomic E-state index is 12.7. The molecule has 0 aromatic heterocycles. The number of alkyl halides is 6. The first-order valence-electron chi connectivity index (χ1n) is 16.2. The fourth-order valence-corrected chi connectivity index (χ4v) is 6.35. The minimum Gasteiger partial charge on any atom is -1.00 e. The molecule has 1 aliphatic carbocycles. The summed E-state index contributed by atoms with van der Waals surface area (Å²) in [5, 5.41) is 5.46. The standard InChI is InChI=1S/C15H8F6.C15H13.C12H19.2ClH.Zr/c16-14(17,18)12-5-1-3-10(8-12)7-11-4-2-6-13(9-11)15(19,20)21;1-10-3-5-14-12(7-10)9-13-8-11(2)4-6-15(13)14;1-5-6-10-7-8-11(9-10)12(2,3)4;;;/h1-6,8-9H;3-9H,1-2H3;8-10H,5-6H2,1-4H3;2*1H;/q;2*-1;;;+2/p-2. The van der Waals surface area contributed by atoms with Crippen LogP contribution in [0.2, 0.25) is 0 Å². The van der Waals surface area contributed by atoms with Crippen molar-refractivity contribution in [2.75, 3.05) is 0 Å². The molecule has 5 aromatic carbocycles. The monoisotopic (exact) mass is 818 g/mol. The molecule has 6 rings (SSSR count). The van der Waals surface area contributed by atoms with Gasteiger partial charge in [-0.05, 0) is 13.8 Å². The van der Waals surface area contributed by atoms with Crippen molar-refractivity contribution in [3.05, 3.63) is 148 Å². The second kappa shape index (κ2) is 18.3. The summed E-state index contributed by atoms with van der Waals surface area (Å²) in [6.07, 6.45) is 1.45. The number of rotatable bonds is 4. The first-order valence-corrected chi connectivity index (χ1v) is 17.4. The van der Waals surface area contributed by atoms with Gasteiger partial charge in [-0.2, -0.15) is 11.6 Å². The summed E-state index contributed by atoms with van der Waals surface area (Å²) in [7, 11) is 0. The molecule has 0 heterocycles. The Kier molecular flexibility index (Phi) is 15.9. The van der Waals surface area contributed by atoms with Gasteiger partial charge in [0.2, 0.25) is 0 Å². The van der Waals surface area contributed by atoms with E-state index in [1.54, 1.807) is 0 Å². The molecule has 0 bridgehead atoms. The van der Waals surface area contributed by atoms with Crippen molar-refractivity contribution in [2.24, 2.45) is 11.3 Å². The van der Waals surface area contributed by atoms with Gasteiger partial charge in [-0.3, -0.25) is 6.08 Å². The summed E-state index contributed by atoms with van der Waals surface area (Å²) < 4.78 is 76.7. The summed E-state index contributed by atoms with van der Waals surface area (Å²) in [5.74, 6) is 0.587. The van der Waals surface area contributed by atoms with Gasteiger partial charge in [0.1, 0.15) is 0 Å². The number of fused-ring (bicyclic) bond motifs is 3. The Morgan fingerprint density at radius 2 is 1.16 bits per heavy atom. The Balaban J connectivity index is 0.000000273. The average Bonchev–Trinajstić information content (AvgIpc) is 3.65. The van der Waals surface area contributed by atoms with Crippen molar-refractivity contribution in [1.29, 1.82) is 0 Å². The maximum Gasteiger partial charge on any atom is -1.00 e.